The van der Waals surface area contributed by atoms with Gasteiger partial charge in [-0.1, -0.05) is 30.3 Å². The highest BCUT2D eigenvalue weighted by atomic mass is 16.5. The third kappa shape index (κ3) is 2.89. The Kier molecular flexibility index (Phi) is 3.42. The van der Waals surface area contributed by atoms with Gasteiger partial charge in [0.2, 0.25) is 0 Å². The van der Waals surface area contributed by atoms with Gasteiger partial charge in [-0.25, -0.2) is 4.99 Å². The minimum atomic E-state index is -0.0900. The number of ether oxygens (including phenoxy) is 1. The molecule has 0 aliphatic carbocycles. The quantitative estimate of drug-likeness (QED) is 0.893. The van der Waals surface area contributed by atoms with E-state index in [4.69, 9.17) is 10.5 Å². The van der Waals surface area contributed by atoms with Crippen LogP contribution in [0, 0.1) is 0 Å². The molecule has 1 saturated heterocycles. The van der Waals surface area contributed by atoms with Crippen molar-refractivity contribution in [2.45, 2.75) is 24.9 Å². The minimum absolute atomic E-state index is 0.0900. The average Bonchev–Trinajstić information content (AvgIpc) is 2.81. The molecule has 1 fully saturated rings. The van der Waals surface area contributed by atoms with E-state index in [1.807, 2.05) is 0 Å². The zero-order valence-corrected chi connectivity index (χ0v) is 11.2. The second kappa shape index (κ2) is 5.21. The van der Waals surface area contributed by atoms with Crippen molar-refractivity contribution in [1.29, 1.82) is 0 Å². The van der Waals surface area contributed by atoms with Crippen molar-refractivity contribution in [3.05, 3.63) is 35.9 Å². The van der Waals surface area contributed by atoms with Crippen molar-refractivity contribution in [2.24, 2.45) is 10.7 Å². The number of aliphatic imine (C=N–C) groups is 1. The molecule has 3 rings (SSSR count). The topological polar surface area (TPSA) is 50.8 Å². The predicted octanol–water partition coefficient (Wildman–Crippen LogP) is 1.41. The van der Waals surface area contributed by atoms with Gasteiger partial charge < -0.3 is 15.4 Å². The molecule has 2 aliphatic heterocycles. The van der Waals surface area contributed by atoms with Crippen LogP contribution in [-0.4, -0.2) is 42.7 Å². The van der Waals surface area contributed by atoms with Crippen molar-refractivity contribution >= 4 is 6.02 Å². The fourth-order valence-corrected chi connectivity index (χ4v) is 2.88. The van der Waals surface area contributed by atoms with E-state index in [-0.39, 0.29) is 5.60 Å². The second-order valence-electron chi connectivity index (χ2n) is 5.52. The smallest absolute Gasteiger partial charge is 0.282 e. The normalized spacial score (nSPS) is 22.2. The van der Waals surface area contributed by atoms with Gasteiger partial charge in [-0.2, -0.15) is 0 Å². The molecule has 2 aliphatic rings. The molecule has 0 atom stereocenters. The monoisotopic (exact) mass is 259 g/mol. The van der Waals surface area contributed by atoms with Crippen LogP contribution in [0.15, 0.2) is 35.3 Å². The van der Waals surface area contributed by atoms with Gasteiger partial charge in [0.05, 0.1) is 6.54 Å². The summed E-state index contributed by atoms with van der Waals surface area (Å²) in [7, 11) is 0. The molecule has 0 saturated carbocycles. The number of hydrogen-bond acceptors (Lipinski definition) is 4. The maximum atomic E-state index is 5.70. The molecule has 0 bridgehead atoms. The van der Waals surface area contributed by atoms with Crippen molar-refractivity contribution < 1.29 is 4.74 Å². The van der Waals surface area contributed by atoms with Crippen molar-refractivity contribution in [2.75, 3.05) is 26.2 Å². The van der Waals surface area contributed by atoms with Crippen LogP contribution in [0.3, 0.4) is 0 Å². The molecular formula is C15H21N3O. The molecule has 0 radical (unpaired) electrons. The summed E-state index contributed by atoms with van der Waals surface area (Å²) in [5.41, 5.74) is 6.94. The molecule has 0 aromatic heterocycles. The Hall–Kier alpha value is -1.55. The molecular weight excluding hydrogens is 238 g/mol. The van der Waals surface area contributed by atoms with Gasteiger partial charge >= 0.3 is 0 Å². The minimum Gasteiger partial charge on any atom is -0.457 e. The van der Waals surface area contributed by atoms with Gasteiger partial charge in [0.25, 0.3) is 6.02 Å². The molecule has 1 aromatic carbocycles. The van der Waals surface area contributed by atoms with Crippen LogP contribution in [-0.2, 0) is 11.2 Å². The Bertz CT molecular complexity index is 450. The highest BCUT2D eigenvalue weighted by Gasteiger charge is 2.40. The Balaban J connectivity index is 1.46. The van der Waals surface area contributed by atoms with Crippen LogP contribution in [0.25, 0.3) is 0 Å². The Labute approximate surface area is 114 Å². The lowest BCUT2D eigenvalue weighted by Gasteiger charge is -2.37. The zero-order valence-electron chi connectivity index (χ0n) is 11.2. The summed E-state index contributed by atoms with van der Waals surface area (Å²) < 4.78 is 5.70. The van der Waals surface area contributed by atoms with Gasteiger partial charge in [0, 0.05) is 32.5 Å². The largest absolute Gasteiger partial charge is 0.457 e. The number of rotatable bonds is 3. The maximum absolute atomic E-state index is 5.70. The van der Waals surface area contributed by atoms with E-state index in [1.54, 1.807) is 0 Å². The van der Waals surface area contributed by atoms with E-state index < -0.39 is 0 Å². The van der Waals surface area contributed by atoms with Gasteiger partial charge in [0.1, 0.15) is 5.60 Å². The molecule has 19 heavy (non-hydrogen) atoms. The average molecular weight is 259 g/mol. The maximum Gasteiger partial charge on any atom is 0.282 e. The molecule has 2 heterocycles. The van der Waals surface area contributed by atoms with E-state index in [0.717, 1.165) is 45.4 Å². The second-order valence-corrected chi connectivity index (χ2v) is 5.52. The number of hydrogen-bond donors (Lipinski definition) is 1. The van der Waals surface area contributed by atoms with Crippen LogP contribution in [0.1, 0.15) is 18.4 Å². The molecule has 4 nitrogen and oxygen atoms in total. The number of amidine groups is 1. The molecule has 102 valence electrons. The summed E-state index contributed by atoms with van der Waals surface area (Å²) in [6.07, 6.45) is 3.19. The van der Waals surface area contributed by atoms with Gasteiger partial charge in [-0.3, -0.25) is 0 Å². The van der Waals surface area contributed by atoms with E-state index >= 15 is 0 Å². The third-order valence-corrected chi connectivity index (χ3v) is 4.17. The number of benzene rings is 1. The van der Waals surface area contributed by atoms with Gasteiger partial charge in [0.15, 0.2) is 0 Å². The van der Waals surface area contributed by atoms with Crippen molar-refractivity contribution in [1.82, 2.24) is 4.90 Å². The summed E-state index contributed by atoms with van der Waals surface area (Å²) in [4.78, 5) is 6.70. The van der Waals surface area contributed by atoms with Crippen molar-refractivity contribution in [3.63, 3.8) is 0 Å². The van der Waals surface area contributed by atoms with Crippen LogP contribution < -0.4 is 5.73 Å². The predicted molar refractivity (Wildman–Crippen MR) is 76.1 cm³/mol. The van der Waals surface area contributed by atoms with Crippen LogP contribution >= 0.6 is 0 Å². The number of likely N-dealkylation sites (tertiary alicyclic amines) is 1. The third-order valence-electron chi connectivity index (χ3n) is 4.17. The first-order chi connectivity index (χ1) is 9.26. The Morgan fingerprint density at radius 2 is 1.95 bits per heavy atom. The lowest BCUT2D eigenvalue weighted by Crippen LogP contribution is -2.47. The van der Waals surface area contributed by atoms with Crippen LogP contribution in [0.2, 0.25) is 0 Å². The standard InChI is InChI=1S/C15H21N3O/c16-14-17-12-15(19-14)7-10-18(11-8-15)9-6-13-4-2-1-3-5-13/h1-5H,6-12H2,(H2,16,17). The fraction of sp³-hybridized carbons (Fsp3) is 0.533. The van der Waals surface area contributed by atoms with E-state index in [2.05, 4.69) is 40.2 Å². The first kappa shape index (κ1) is 12.5. The lowest BCUT2D eigenvalue weighted by molar-refractivity contribution is 0.0141. The summed E-state index contributed by atoms with van der Waals surface area (Å²) in [5.74, 6) is 0. The van der Waals surface area contributed by atoms with Gasteiger partial charge in [-0.05, 0) is 12.0 Å². The number of nitrogens with two attached hydrogens (primary N) is 1. The molecule has 1 spiro atoms. The highest BCUT2D eigenvalue weighted by Crippen LogP contribution is 2.30. The van der Waals surface area contributed by atoms with Crippen LogP contribution in [0.5, 0.6) is 0 Å². The van der Waals surface area contributed by atoms with E-state index in [1.165, 1.54) is 5.56 Å². The highest BCUT2D eigenvalue weighted by molar-refractivity contribution is 5.73. The molecule has 0 amide bonds. The van der Waals surface area contributed by atoms with Crippen molar-refractivity contribution in [3.8, 4) is 0 Å². The first-order valence-corrected chi connectivity index (χ1v) is 7.01. The van der Waals surface area contributed by atoms with E-state index in [9.17, 15) is 0 Å². The number of nitrogens with zero attached hydrogens (tertiary/aromatic N) is 2. The van der Waals surface area contributed by atoms with Crippen LogP contribution in [0.4, 0.5) is 0 Å². The summed E-state index contributed by atoms with van der Waals surface area (Å²) in [6, 6.07) is 11.0. The Morgan fingerprint density at radius 3 is 2.58 bits per heavy atom. The molecule has 2 N–H and O–H groups in total. The van der Waals surface area contributed by atoms with Gasteiger partial charge in [-0.15, -0.1) is 0 Å². The lowest BCUT2D eigenvalue weighted by atomic mass is 9.91. The first-order valence-electron chi connectivity index (χ1n) is 7.01. The summed E-state index contributed by atoms with van der Waals surface area (Å²) in [5, 5.41) is 0. The zero-order chi connectivity index (χ0) is 13.1. The molecule has 0 unspecified atom stereocenters. The Morgan fingerprint density at radius 1 is 1.21 bits per heavy atom. The van der Waals surface area contributed by atoms with E-state index in [0.29, 0.717) is 6.02 Å². The number of piperidine rings is 1. The summed E-state index contributed by atoms with van der Waals surface area (Å²) in [6.45, 7) is 4.02. The molecule has 4 heteroatoms. The fourth-order valence-electron chi connectivity index (χ4n) is 2.88. The summed E-state index contributed by atoms with van der Waals surface area (Å²) >= 11 is 0. The molecule has 1 aromatic rings. The SMILES string of the molecule is NC1=NCC2(CCN(CCc3ccccc3)CC2)O1.